The minimum Gasteiger partial charge on any atom is -0.434 e. The predicted octanol–water partition coefficient (Wildman–Crippen LogP) is 4.69. The Morgan fingerprint density at radius 1 is 1.23 bits per heavy atom. The number of hydrogen-bond donors (Lipinski definition) is 0. The highest BCUT2D eigenvalue weighted by molar-refractivity contribution is 7.93. The Morgan fingerprint density at radius 3 is 2.50 bits per heavy atom. The summed E-state index contributed by atoms with van der Waals surface area (Å²) < 4.78 is 45.5. The third-order valence-electron chi connectivity index (χ3n) is 3.10. The Hall–Kier alpha value is -1.66. The van der Waals surface area contributed by atoms with E-state index < -0.39 is 16.3 Å². The van der Waals surface area contributed by atoms with Crippen LogP contribution in [0.15, 0.2) is 51.7 Å². The lowest BCUT2D eigenvalue weighted by atomic mass is 10.0. The van der Waals surface area contributed by atoms with Crippen LogP contribution >= 0.6 is 11.6 Å². The Labute approximate surface area is 133 Å². The molecule has 0 N–H and O–H groups in total. The fraction of sp³-hybridized carbons (Fsp3) is 0.200. The fourth-order valence-corrected chi connectivity index (χ4v) is 3.53. The normalized spacial score (nSPS) is 13.7. The summed E-state index contributed by atoms with van der Waals surface area (Å²) in [6.07, 6.45) is 1.49. The van der Waals surface area contributed by atoms with E-state index in [1.807, 2.05) is 0 Å². The van der Waals surface area contributed by atoms with Crippen LogP contribution in [0.5, 0.6) is 5.75 Å². The summed E-state index contributed by atoms with van der Waals surface area (Å²) in [6.45, 7) is -2.91. The van der Waals surface area contributed by atoms with Gasteiger partial charge >= 0.3 is 6.61 Å². The van der Waals surface area contributed by atoms with Crippen LogP contribution in [-0.2, 0) is 9.73 Å². The van der Waals surface area contributed by atoms with E-state index in [1.165, 1.54) is 19.4 Å². The van der Waals surface area contributed by atoms with E-state index in [4.69, 9.17) is 11.6 Å². The van der Waals surface area contributed by atoms with Gasteiger partial charge in [0.25, 0.3) is 0 Å². The van der Waals surface area contributed by atoms with E-state index in [2.05, 4.69) is 9.10 Å². The maximum atomic E-state index is 12.5. The Kier molecular flexibility index (Phi) is 5.03. The molecule has 2 aromatic carbocycles. The van der Waals surface area contributed by atoms with Gasteiger partial charge in [-0.05, 0) is 23.8 Å². The van der Waals surface area contributed by atoms with E-state index in [0.29, 0.717) is 16.0 Å². The highest BCUT2D eigenvalue weighted by atomic mass is 35.5. The molecule has 118 valence electrons. The molecule has 3 nitrogen and oxygen atoms in total. The van der Waals surface area contributed by atoms with Crippen LogP contribution in [0.1, 0.15) is 0 Å². The molecule has 22 heavy (non-hydrogen) atoms. The van der Waals surface area contributed by atoms with Crippen molar-refractivity contribution in [3.8, 4) is 16.9 Å². The number of hydrogen-bond acceptors (Lipinski definition) is 3. The smallest absolute Gasteiger partial charge is 0.387 e. The van der Waals surface area contributed by atoms with Gasteiger partial charge in [0.2, 0.25) is 0 Å². The summed E-state index contributed by atoms with van der Waals surface area (Å²) in [5.41, 5.74) is 1.07. The first kappa shape index (κ1) is 16.7. The van der Waals surface area contributed by atoms with E-state index in [0.717, 1.165) is 0 Å². The van der Waals surface area contributed by atoms with Gasteiger partial charge in [0, 0.05) is 18.9 Å². The van der Waals surface area contributed by atoms with Crippen molar-refractivity contribution in [3.05, 3.63) is 47.5 Å². The first-order valence-corrected chi connectivity index (χ1v) is 8.59. The van der Waals surface area contributed by atoms with E-state index >= 15 is 0 Å². The van der Waals surface area contributed by atoms with Gasteiger partial charge in [-0.25, -0.2) is 8.57 Å². The second kappa shape index (κ2) is 6.62. The summed E-state index contributed by atoms with van der Waals surface area (Å²) in [5.74, 6) is 0.0544. The van der Waals surface area contributed by atoms with Gasteiger partial charge in [-0.15, -0.1) is 0 Å². The highest BCUT2D eigenvalue weighted by Gasteiger charge is 2.14. The van der Waals surface area contributed by atoms with E-state index in [1.54, 1.807) is 36.4 Å². The summed E-state index contributed by atoms with van der Waals surface area (Å²) in [7, 11) is -1.11. The van der Waals surface area contributed by atoms with Crippen molar-refractivity contribution < 1.29 is 17.7 Å². The molecule has 0 amide bonds. The number of halogens is 3. The van der Waals surface area contributed by atoms with E-state index in [9.17, 15) is 13.0 Å². The average Bonchev–Trinajstić information content (AvgIpc) is 2.47. The van der Waals surface area contributed by atoms with Crippen LogP contribution in [-0.4, -0.2) is 24.1 Å². The average molecular weight is 346 g/mol. The molecule has 0 aliphatic carbocycles. The first-order valence-electron chi connectivity index (χ1n) is 6.29. The number of benzene rings is 2. The van der Waals surface area contributed by atoms with E-state index in [-0.39, 0.29) is 10.8 Å². The Balaban J connectivity index is 2.52. The third-order valence-corrected chi connectivity index (χ3v) is 5.40. The quantitative estimate of drug-likeness (QED) is 0.806. The number of ether oxygens (including phenoxy) is 1. The minimum absolute atomic E-state index is 0.0544. The maximum Gasteiger partial charge on any atom is 0.387 e. The minimum atomic E-state index is -2.91. The summed E-state index contributed by atoms with van der Waals surface area (Å²) >= 11 is 6.17. The predicted molar refractivity (Wildman–Crippen MR) is 84.2 cm³/mol. The molecule has 1 atom stereocenters. The van der Waals surface area contributed by atoms with Crippen molar-refractivity contribution in [2.45, 2.75) is 11.5 Å². The SMILES string of the molecule is CN=S(C)(=O)c1ccc(-c2ccccc2OC(F)F)cc1Cl. The molecule has 0 fully saturated rings. The summed E-state index contributed by atoms with van der Waals surface area (Å²) in [6, 6.07) is 11.2. The van der Waals surface area contributed by atoms with Crippen LogP contribution in [0.4, 0.5) is 8.78 Å². The molecule has 7 heteroatoms. The van der Waals surface area contributed by atoms with Crippen LogP contribution < -0.4 is 4.74 Å². The van der Waals surface area contributed by atoms with Gasteiger partial charge in [-0.1, -0.05) is 35.9 Å². The molecule has 0 aliphatic rings. The molecule has 0 radical (unpaired) electrons. The number of alkyl halides is 2. The molecule has 0 bridgehead atoms. The van der Waals surface area contributed by atoms with Crippen LogP contribution in [0.2, 0.25) is 5.02 Å². The number of nitrogens with zero attached hydrogens (tertiary/aromatic N) is 1. The number of rotatable bonds is 4. The molecule has 0 aromatic heterocycles. The molecule has 0 spiro atoms. The van der Waals surface area contributed by atoms with Crippen LogP contribution in [0, 0.1) is 0 Å². The topological polar surface area (TPSA) is 38.7 Å². The van der Waals surface area contributed by atoms with Gasteiger partial charge in [0.05, 0.1) is 19.6 Å². The maximum absolute atomic E-state index is 12.5. The molecular formula is C15H14ClF2NO2S. The molecule has 0 heterocycles. The van der Waals surface area contributed by atoms with Crippen molar-refractivity contribution in [1.82, 2.24) is 0 Å². The zero-order valence-electron chi connectivity index (χ0n) is 11.9. The summed E-state index contributed by atoms with van der Waals surface area (Å²) in [4.78, 5) is 0.410. The Morgan fingerprint density at radius 2 is 1.91 bits per heavy atom. The summed E-state index contributed by atoms with van der Waals surface area (Å²) in [5, 5.41) is 0.266. The third kappa shape index (κ3) is 3.56. The van der Waals surface area contributed by atoms with Crippen molar-refractivity contribution in [1.29, 1.82) is 0 Å². The monoisotopic (exact) mass is 345 g/mol. The lowest BCUT2D eigenvalue weighted by Gasteiger charge is -2.12. The zero-order valence-corrected chi connectivity index (χ0v) is 13.5. The Bertz CT molecular complexity index is 802. The van der Waals surface area contributed by atoms with Crippen molar-refractivity contribution in [3.63, 3.8) is 0 Å². The second-order valence-electron chi connectivity index (χ2n) is 4.50. The van der Waals surface area contributed by atoms with Crippen LogP contribution in [0.25, 0.3) is 11.1 Å². The largest absolute Gasteiger partial charge is 0.434 e. The van der Waals surface area contributed by atoms with Crippen LogP contribution in [0.3, 0.4) is 0 Å². The number of para-hydroxylation sites is 1. The fourth-order valence-electron chi connectivity index (χ4n) is 1.98. The van der Waals surface area contributed by atoms with Gasteiger partial charge in [0.1, 0.15) is 5.75 Å². The van der Waals surface area contributed by atoms with Gasteiger partial charge < -0.3 is 4.74 Å². The van der Waals surface area contributed by atoms with Crippen molar-refractivity contribution >= 4 is 21.3 Å². The van der Waals surface area contributed by atoms with Crippen molar-refractivity contribution in [2.24, 2.45) is 4.36 Å². The molecule has 0 saturated carbocycles. The zero-order chi connectivity index (χ0) is 16.3. The molecular weight excluding hydrogens is 332 g/mol. The lowest BCUT2D eigenvalue weighted by Crippen LogP contribution is -2.03. The second-order valence-corrected chi connectivity index (χ2v) is 7.32. The standard InChI is InChI=1S/C15H14ClF2NO2S/c1-19-22(2,20)14-8-7-10(9-12(14)16)11-5-3-4-6-13(11)21-15(17)18/h3-9,15H,1-2H3. The molecule has 0 aliphatic heterocycles. The first-order chi connectivity index (χ1) is 10.3. The molecule has 0 saturated heterocycles. The molecule has 2 aromatic rings. The molecule has 1 unspecified atom stereocenters. The van der Waals surface area contributed by atoms with Gasteiger partial charge in [0.15, 0.2) is 0 Å². The molecule has 2 rings (SSSR count). The highest BCUT2D eigenvalue weighted by Crippen LogP contribution is 2.34. The van der Waals surface area contributed by atoms with Gasteiger partial charge in [-0.3, -0.25) is 0 Å². The van der Waals surface area contributed by atoms with Crippen molar-refractivity contribution in [2.75, 3.05) is 13.3 Å². The van der Waals surface area contributed by atoms with Gasteiger partial charge in [-0.2, -0.15) is 8.78 Å². The lowest BCUT2D eigenvalue weighted by molar-refractivity contribution is -0.0494.